The first kappa shape index (κ1) is 14.8. The second kappa shape index (κ2) is 6.68. The van der Waals surface area contributed by atoms with Crippen LogP contribution in [0.3, 0.4) is 0 Å². The molecule has 110 valence electrons. The predicted octanol–water partition coefficient (Wildman–Crippen LogP) is 3.38. The molecule has 2 aromatic heterocycles. The van der Waals surface area contributed by atoms with E-state index in [0.717, 1.165) is 41.7 Å². The first-order chi connectivity index (χ1) is 9.65. The number of unbranched alkanes of at least 4 members (excludes halogenated alkanes) is 2. The molecule has 1 N–H and O–H groups in total. The van der Waals surface area contributed by atoms with Crippen LogP contribution in [0.5, 0.6) is 0 Å². The fourth-order valence-electron chi connectivity index (χ4n) is 2.35. The molecule has 5 nitrogen and oxygen atoms in total. The number of anilines is 1. The summed E-state index contributed by atoms with van der Waals surface area (Å²) in [5.41, 5.74) is 1.75. The largest absolute Gasteiger partial charge is 0.355 e. The zero-order valence-electron chi connectivity index (χ0n) is 13.0. The molecule has 0 aliphatic rings. The number of hydrogen-bond donors (Lipinski definition) is 1. The van der Waals surface area contributed by atoms with Gasteiger partial charge in [-0.15, -0.1) is 0 Å². The van der Waals surface area contributed by atoms with Gasteiger partial charge in [0.15, 0.2) is 17.0 Å². The zero-order chi connectivity index (χ0) is 14.5. The van der Waals surface area contributed by atoms with E-state index in [4.69, 9.17) is 0 Å². The van der Waals surface area contributed by atoms with Gasteiger partial charge in [-0.3, -0.25) is 0 Å². The van der Waals surface area contributed by atoms with Crippen LogP contribution in [0.4, 0.5) is 5.82 Å². The Bertz CT molecular complexity index is 553. The Labute approximate surface area is 120 Å². The van der Waals surface area contributed by atoms with Crippen LogP contribution >= 0.6 is 0 Å². The van der Waals surface area contributed by atoms with Crippen molar-refractivity contribution in [3.05, 3.63) is 11.6 Å². The number of H-pyrrole nitrogens is 1. The van der Waals surface area contributed by atoms with E-state index < -0.39 is 0 Å². The minimum atomic E-state index is 0.800. The Morgan fingerprint density at radius 3 is 2.20 bits per heavy atom. The van der Waals surface area contributed by atoms with Crippen molar-refractivity contribution in [1.82, 2.24) is 19.9 Å². The van der Waals surface area contributed by atoms with Gasteiger partial charge in [0.05, 0.1) is 0 Å². The molecule has 2 rings (SSSR count). The van der Waals surface area contributed by atoms with Gasteiger partial charge in [0.1, 0.15) is 11.6 Å². The highest BCUT2D eigenvalue weighted by atomic mass is 15.2. The van der Waals surface area contributed by atoms with E-state index in [-0.39, 0.29) is 0 Å². The lowest BCUT2D eigenvalue weighted by Gasteiger charge is -2.23. The minimum Gasteiger partial charge on any atom is -0.355 e. The molecule has 0 saturated carbocycles. The van der Waals surface area contributed by atoms with Crippen molar-refractivity contribution in [2.75, 3.05) is 18.0 Å². The van der Waals surface area contributed by atoms with Crippen molar-refractivity contribution >= 4 is 17.0 Å². The molecule has 0 saturated heterocycles. The van der Waals surface area contributed by atoms with Crippen molar-refractivity contribution < 1.29 is 0 Å². The van der Waals surface area contributed by atoms with Crippen LogP contribution in [0.15, 0.2) is 0 Å². The third-order valence-electron chi connectivity index (χ3n) is 3.42. The normalized spacial score (nSPS) is 11.2. The first-order valence-electron chi connectivity index (χ1n) is 7.61. The number of nitrogens with zero attached hydrogens (tertiary/aromatic N) is 4. The van der Waals surface area contributed by atoms with Gasteiger partial charge in [0, 0.05) is 13.1 Å². The summed E-state index contributed by atoms with van der Waals surface area (Å²) in [5.74, 6) is 2.68. The summed E-state index contributed by atoms with van der Waals surface area (Å²) >= 11 is 0. The molecule has 0 aliphatic heterocycles. The smallest absolute Gasteiger partial charge is 0.163 e. The van der Waals surface area contributed by atoms with Crippen LogP contribution in [0, 0.1) is 13.8 Å². The number of rotatable bonds is 7. The highest BCUT2D eigenvalue weighted by molar-refractivity contribution is 5.83. The third-order valence-corrected chi connectivity index (χ3v) is 3.42. The average Bonchev–Trinajstić information content (AvgIpc) is 2.78. The number of hydrogen-bond acceptors (Lipinski definition) is 4. The van der Waals surface area contributed by atoms with Crippen LogP contribution in [0.2, 0.25) is 0 Å². The molecule has 0 radical (unpaired) electrons. The number of imidazole rings is 1. The zero-order valence-corrected chi connectivity index (χ0v) is 13.0. The molecule has 0 unspecified atom stereocenters. The van der Waals surface area contributed by atoms with Gasteiger partial charge in [-0.1, -0.05) is 26.7 Å². The Morgan fingerprint density at radius 2 is 1.60 bits per heavy atom. The van der Waals surface area contributed by atoms with Crippen LogP contribution in [0.1, 0.15) is 51.2 Å². The molecular weight excluding hydrogens is 250 g/mol. The SMILES string of the molecule is CCCCN(CCCC)c1nc(C)nc2[nH]c(C)nc12. The van der Waals surface area contributed by atoms with Crippen molar-refractivity contribution in [3.8, 4) is 0 Å². The van der Waals surface area contributed by atoms with Crippen molar-refractivity contribution in [1.29, 1.82) is 0 Å². The number of fused-ring (bicyclic) bond motifs is 1. The fourth-order valence-corrected chi connectivity index (χ4v) is 2.35. The van der Waals surface area contributed by atoms with E-state index in [2.05, 4.69) is 38.7 Å². The predicted molar refractivity (Wildman–Crippen MR) is 83.2 cm³/mol. The van der Waals surface area contributed by atoms with Crippen LogP contribution in [-0.4, -0.2) is 33.0 Å². The van der Waals surface area contributed by atoms with Gasteiger partial charge in [-0.05, 0) is 26.7 Å². The van der Waals surface area contributed by atoms with Crippen molar-refractivity contribution in [3.63, 3.8) is 0 Å². The lowest BCUT2D eigenvalue weighted by Crippen LogP contribution is -2.27. The summed E-state index contributed by atoms with van der Waals surface area (Å²) in [6.07, 6.45) is 4.74. The van der Waals surface area contributed by atoms with E-state index in [0.29, 0.717) is 0 Å². The fraction of sp³-hybridized carbons (Fsp3) is 0.667. The molecule has 2 heterocycles. The van der Waals surface area contributed by atoms with Crippen LogP contribution in [0.25, 0.3) is 11.2 Å². The molecule has 2 aromatic rings. The maximum Gasteiger partial charge on any atom is 0.163 e. The van der Waals surface area contributed by atoms with E-state index >= 15 is 0 Å². The summed E-state index contributed by atoms with van der Waals surface area (Å²) in [4.78, 5) is 19.2. The van der Waals surface area contributed by atoms with Crippen molar-refractivity contribution in [2.45, 2.75) is 53.4 Å². The maximum absolute atomic E-state index is 4.65. The molecule has 20 heavy (non-hydrogen) atoms. The average molecular weight is 275 g/mol. The van der Waals surface area contributed by atoms with Gasteiger partial charge >= 0.3 is 0 Å². The molecule has 0 bridgehead atoms. The van der Waals surface area contributed by atoms with E-state index in [9.17, 15) is 0 Å². The van der Waals surface area contributed by atoms with E-state index in [1.807, 2.05) is 13.8 Å². The molecular formula is C15H25N5. The Balaban J connectivity index is 2.39. The number of aromatic amines is 1. The summed E-state index contributed by atoms with van der Waals surface area (Å²) in [7, 11) is 0. The van der Waals surface area contributed by atoms with Gasteiger partial charge < -0.3 is 9.88 Å². The molecule has 5 heteroatoms. The summed E-state index contributed by atoms with van der Waals surface area (Å²) in [5, 5.41) is 0. The number of aromatic nitrogens is 4. The summed E-state index contributed by atoms with van der Waals surface area (Å²) in [6, 6.07) is 0. The van der Waals surface area contributed by atoms with Crippen molar-refractivity contribution in [2.24, 2.45) is 0 Å². The second-order valence-electron chi connectivity index (χ2n) is 5.31. The quantitative estimate of drug-likeness (QED) is 0.841. The topological polar surface area (TPSA) is 57.7 Å². The standard InChI is InChI=1S/C15H25N5/c1-5-7-9-20(10-8-6-2)15-13-14(17-11(3)16-13)18-12(4)19-15/h5-10H2,1-4H3,(H,16,17,18,19). The van der Waals surface area contributed by atoms with Gasteiger partial charge in [-0.25, -0.2) is 15.0 Å². The minimum absolute atomic E-state index is 0.800. The molecule has 0 fully saturated rings. The third kappa shape index (κ3) is 3.26. The second-order valence-corrected chi connectivity index (χ2v) is 5.31. The molecule has 0 atom stereocenters. The number of nitrogens with one attached hydrogen (secondary N) is 1. The molecule has 0 amide bonds. The lowest BCUT2D eigenvalue weighted by molar-refractivity contribution is 0.671. The summed E-state index contributed by atoms with van der Waals surface area (Å²) < 4.78 is 0. The maximum atomic E-state index is 4.65. The Kier molecular flexibility index (Phi) is 4.93. The molecule has 0 aromatic carbocycles. The van der Waals surface area contributed by atoms with Gasteiger partial charge in [0.2, 0.25) is 0 Å². The van der Waals surface area contributed by atoms with Gasteiger partial charge in [-0.2, -0.15) is 0 Å². The van der Waals surface area contributed by atoms with Crippen LogP contribution in [-0.2, 0) is 0 Å². The highest BCUT2D eigenvalue weighted by Gasteiger charge is 2.15. The lowest BCUT2D eigenvalue weighted by atomic mass is 10.2. The highest BCUT2D eigenvalue weighted by Crippen LogP contribution is 2.23. The number of aryl methyl sites for hydroxylation is 2. The Morgan fingerprint density at radius 1 is 0.950 bits per heavy atom. The van der Waals surface area contributed by atoms with Gasteiger partial charge in [0.25, 0.3) is 0 Å². The monoisotopic (exact) mass is 275 g/mol. The molecule has 0 aliphatic carbocycles. The first-order valence-corrected chi connectivity index (χ1v) is 7.61. The van der Waals surface area contributed by atoms with Crippen LogP contribution < -0.4 is 4.90 Å². The molecule has 0 spiro atoms. The van der Waals surface area contributed by atoms with E-state index in [1.54, 1.807) is 0 Å². The Hall–Kier alpha value is -1.65. The summed E-state index contributed by atoms with van der Waals surface area (Å²) in [6.45, 7) is 10.4. The van der Waals surface area contributed by atoms with E-state index in [1.165, 1.54) is 25.7 Å².